The number of aliphatic imine (C=N–C) groups is 10. The van der Waals surface area contributed by atoms with E-state index in [1.54, 1.807) is 43.3 Å². The molecule has 0 amide bonds. The first-order chi connectivity index (χ1) is 37.7. The minimum atomic E-state index is -0.312. The zero-order valence-corrected chi connectivity index (χ0v) is 48.9. The van der Waals surface area contributed by atoms with Gasteiger partial charge < -0.3 is 94.6 Å². The van der Waals surface area contributed by atoms with Crippen molar-refractivity contribution in [2.75, 3.05) is 60.7 Å². The second-order valence-corrected chi connectivity index (χ2v) is 17.3. The molecule has 36 heteroatoms. The molecule has 0 radical (unpaired) electrons. The number of hydrogen-bond donors (Lipinski definition) is 22. The maximum Gasteiger partial charge on any atom is 0.218 e. The van der Waals surface area contributed by atoms with Gasteiger partial charge in [-0.15, -0.1) is 0 Å². The van der Waals surface area contributed by atoms with Crippen LogP contribution in [0.5, 0.6) is 0 Å². The van der Waals surface area contributed by atoms with Gasteiger partial charge in [-0.1, -0.05) is 99.8 Å². The van der Waals surface area contributed by atoms with Gasteiger partial charge in [-0.3, -0.25) is 52.9 Å². The van der Waals surface area contributed by atoms with Gasteiger partial charge in [-0.25, -0.2) is 25.0 Å². The minimum absolute atomic E-state index is 0. The molecular formula is C51H114ClN35. The molecule has 2 atom stereocenters. The molecule has 2 aliphatic heterocycles. The van der Waals surface area contributed by atoms with Gasteiger partial charge in [0, 0.05) is 72.1 Å². The van der Waals surface area contributed by atoms with E-state index in [1.165, 1.54) is 5.56 Å². The van der Waals surface area contributed by atoms with E-state index >= 15 is 0 Å². The molecule has 0 aromatic heterocycles. The first-order valence-corrected chi connectivity index (χ1v) is 24.6. The van der Waals surface area contributed by atoms with E-state index in [4.69, 9.17) is 108 Å². The fraction of sp³-hybridized carbons (Fsp3) is 0.490. The second kappa shape index (κ2) is 55.1. The molecule has 0 unspecified atom stereocenters. The highest BCUT2D eigenvalue weighted by Gasteiger charge is 2.12. The lowest BCUT2D eigenvalue weighted by Gasteiger charge is -2.21. The van der Waals surface area contributed by atoms with Gasteiger partial charge in [0.25, 0.3) is 0 Å². The highest BCUT2D eigenvalue weighted by atomic mass is 35.5. The third-order valence-electron chi connectivity index (χ3n) is 8.12. The number of unbranched alkanes of at least 4 members (excludes halogenated alkanes) is 1. The van der Waals surface area contributed by atoms with Crippen LogP contribution in [0.2, 0.25) is 5.02 Å². The van der Waals surface area contributed by atoms with Crippen LogP contribution in [-0.2, 0) is 6.42 Å². The van der Waals surface area contributed by atoms with E-state index in [0.29, 0.717) is 30.0 Å². The van der Waals surface area contributed by atoms with Gasteiger partial charge in [-0.2, -0.15) is 15.0 Å². The Hall–Kier alpha value is -10.1. The zero-order valence-electron chi connectivity index (χ0n) is 48.2. The van der Waals surface area contributed by atoms with Crippen LogP contribution in [0.4, 0.5) is 5.69 Å². The van der Waals surface area contributed by atoms with E-state index in [-0.39, 0.29) is 123 Å². The molecule has 0 fully saturated rings. The van der Waals surface area contributed by atoms with Gasteiger partial charge in [0.2, 0.25) is 35.8 Å². The SMILES string of the molecule is C.C.C.C.C.C.CC(C)N=C(N)N=C(N)Nc1ccc(Cl)cc1.CCCCN=C(N)NC(=N)N.CN(C)C(N)=NC(=N)N.C[C@@H]1N=C(N)NC(N(C)C)=N1.C[C@H]1N=C(N)NC(N(C)C)=N1.N=C(N)NC(=N)N.NC(N)=NC(N)=NCCc1ccccc1. The van der Waals surface area contributed by atoms with Crippen molar-refractivity contribution in [3.05, 3.63) is 65.2 Å². The predicted octanol–water partition coefficient (Wildman–Crippen LogP) is 0.463. The number of benzene rings is 2. The van der Waals surface area contributed by atoms with Gasteiger partial charge >= 0.3 is 0 Å². The van der Waals surface area contributed by atoms with Crippen LogP contribution >= 0.6 is 11.6 Å². The Balaban J connectivity index is -0.000000117. The molecule has 4 rings (SSSR count). The van der Waals surface area contributed by atoms with Gasteiger partial charge in [-0.05, 0) is 70.4 Å². The maximum atomic E-state index is 6.81. The average molecular weight is 1250 g/mol. The predicted molar refractivity (Wildman–Crippen MR) is 378 cm³/mol. The Morgan fingerprint density at radius 2 is 1.05 bits per heavy atom. The molecule has 87 heavy (non-hydrogen) atoms. The molecule has 0 spiro atoms. The summed E-state index contributed by atoms with van der Waals surface area (Å²) in [6, 6.07) is 17.2. The summed E-state index contributed by atoms with van der Waals surface area (Å²) in [5.41, 5.74) is 70.0. The molecule has 500 valence electrons. The van der Waals surface area contributed by atoms with Crippen LogP contribution in [0.3, 0.4) is 0 Å². The third kappa shape index (κ3) is 60.3. The van der Waals surface area contributed by atoms with Crippen LogP contribution in [0.15, 0.2) is 105 Å². The quantitative estimate of drug-likeness (QED) is 0.0970. The maximum absolute atomic E-state index is 6.81. The minimum Gasteiger partial charge on any atom is -0.370 e. The first kappa shape index (κ1) is 96.1. The van der Waals surface area contributed by atoms with Crippen molar-refractivity contribution < 1.29 is 0 Å². The molecule has 0 bridgehead atoms. The fourth-order valence-electron chi connectivity index (χ4n) is 4.77. The lowest BCUT2D eigenvalue weighted by molar-refractivity contribution is 0.581. The van der Waals surface area contributed by atoms with E-state index in [1.807, 2.05) is 101 Å². The van der Waals surface area contributed by atoms with Crippen molar-refractivity contribution in [2.45, 2.75) is 117 Å². The van der Waals surface area contributed by atoms with Crippen LogP contribution < -0.4 is 101 Å². The summed E-state index contributed by atoms with van der Waals surface area (Å²) in [5, 5.41) is 40.1. The summed E-state index contributed by atoms with van der Waals surface area (Å²) in [7, 11) is 11.0. The summed E-state index contributed by atoms with van der Waals surface area (Å²) in [6.07, 6.45) is 2.75. The Bertz CT molecular complexity index is 2450. The number of guanidine groups is 14. The monoisotopic (exact) mass is 1250 g/mol. The molecular weight excluding hydrogens is 1140 g/mol. The summed E-state index contributed by atoms with van der Waals surface area (Å²) in [5.74, 6) is 2.12. The van der Waals surface area contributed by atoms with Crippen molar-refractivity contribution in [1.29, 1.82) is 21.6 Å². The third-order valence-corrected chi connectivity index (χ3v) is 8.37. The highest BCUT2D eigenvalue weighted by molar-refractivity contribution is 6.30. The van der Waals surface area contributed by atoms with Crippen molar-refractivity contribution in [2.24, 2.45) is 124 Å². The summed E-state index contributed by atoms with van der Waals surface area (Å²) >= 11 is 5.76. The van der Waals surface area contributed by atoms with E-state index in [0.717, 1.165) is 36.9 Å². The molecule has 2 aromatic carbocycles. The van der Waals surface area contributed by atoms with E-state index < -0.39 is 0 Å². The van der Waals surface area contributed by atoms with Crippen molar-refractivity contribution in [3.63, 3.8) is 0 Å². The average Bonchev–Trinajstić information content (AvgIpc) is 3.32. The number of nitrogens with two attached hydrogens (primary N) is 13. The lowest BCUT2D eigenvalue weighted by atomic mass is 10.2. The topological polar surface area (TPSA) is 627 Å². The Kier molecular flexibility index (Phi) is 60.9. The van der Waals surface area contributed by atoms with Crippen LogP contribution in [0.1, 0.15) is 97.6 Å². The summed E-state index contributed by atoms with van der Waals surface area (Å²) in [4.78, 5) is 44.6. The largest absolute Gasteiger partial charge is 0.370 e. The summed E-state index contributed by atoms with van der Waals surface area (Å²) in [6.45, 7) is 10.9. The van der Waals surface area contributed by atoms with Crippen LogP contribution in [-0.4, -0.2) is 172 Å². The standard InChI is InChI=1S/C11H16ClN5.C10H15N5.2C6H13N5.C6H15N5.C4H11N5.C2H7N5.6CH4/c1-7(2)15-10(13)17-11(14)16-9-5-3-8(12)4-6-9;11-9(12)15-10(13)14-7-6-8-4-2-1-3-5-8;2*1-4-8-5(7)10-6(9-4)11(2)3;1-2-3-4-10-6(9)11-5(7)8;1-9(2)4(7)8-3(5)6;3-1(4)7-2(5)6;;;;;;/h3-7H,1-2H3,(H5,13,14,15,16,17);1-5H,6-7H2,(H6,11,12,13,14,15);2*4H,1-3H3,(H3,7,8,9,10);2-4H2,1H3,(H6,7,8,9,10,11);1-2H3,(H5,5,6,7,8);(H7,3,4,5,6,7);6*1H4/t;;2*4-;;;;;;;;;/m..10........./s1. The molecule has 2 aromatic rings. The van der Waals surface area contributed by atoms with Crippen LogP contribution in [0.25, 0.3) is 0 Å². The number of nitrogens with zero attached hydrogens (tertiary/aromatic N) is 13. The molecule has 2 heterocycles. The second-order valence-electron chi connectivity index (χ2n) is 16.8. The smallest absolute Gasteiger partial charge is 0.218 e. The molecule has 2 aliphatic rings. The van der Waals surface area contributed by atoms with Crippen molar-refractivity contribution in [3.8, 4) is 0 Å². The molecule has 0 saturated carbocycles. The highest BCUT2D eigenvalue weighted by Crippen LogP contribution is 2.13. The Morgan fingerprint density at radius 3 is 1.38 bits per heavy atom. The molecule has 0 aliphatic carbocycles. The van der Waals surface area contributed by atoms with E-state index in [2.05, 4.69) is 78.1 Å². The Morgan fingerprint density at radius 1 is 0.598 bits per heavy atom. The molecule has 35 N–H and O–H groups in total. The number of anilines is 1. The van der Waals surface area contributed by atoms with Crippen molar-refractivity contribution in [1.82, 2.24) is 36.0 Å². The normalized spacial score (nSPS) is 13.5. The van der Waals surface area contributed by atoms with Gasteiger partial charge in [0.1, 0.15) is 12.3 Å². The van der Waals surface area contributed by atoms with E-state index in [9.17, 15) is 0 Å². The number of rotatable bonds is 8. The Labute approximate surface area is 523 Å². The number of halogens is 1. The number of hydrogen-bond acceptors (Lipinski definition) is 17. The lowest BCUT2D eigenvalue weighted by Crippen LogP contribution is -2.47. The van der Waals surface area contributed by atoms with Crippen molar-refractivity contribution >= 4 is 101 Å². The van der Waals surface area contributed by atoms with Crippen LogP contribution in [0, 0.1) is 21.6 Å². The molecule has 35 nitrogen and oxygen atoms in total. The molecule has 0 saturated heterocycles. The number of nitrogens with one attached hydrogen (secondary N) is 9. The zero-order chi connectivity index (χ0) is 62.8. The van der Waals surface area contributed by atoms with Gasteiger partial charge in [0.15, 0.2) is 47.7 Å². The van der Waals surface area contributed by atoms with Gasteiger partial charge in [0.05, 0.1) is 0 Å². The first-order valence-electron chi connectivity index (χ1n) is 24.2. The fourth-order valence-corrected chi connectivity index (χ4v) is 4.89. The summed E-state index contributed by atoms with van der Waals surface area (Å²) < 4.78 is 0.